The Morgan fingerprint density at radius 1 is 1.19 bits per heavy atom. The molecular weight excluding hydrogens is 410 g/mol. The number of aryl methyl sites for hydroxylation is 2. The van der Waals surface area contributed by atoms with Crippen molar-refractivity contribution in [1.82, 2.24) is 10.1 Å². The molecule has 140 valence electrons. The van der Waals surface area contributed by atoms with E-state index < -0.39 is 6.09 Å². The average molecular weight is 430 g/mol. The number of unbranched alkanes of at least 4 members (excludes halogenated alkanes) is 1. The first-order valence-corrected chi connectivity index (χ1v) is 9.48. The van der Waals surface area contributed by atoms with Gasteiger partial charge < -0.3 is 9.63 Å². The molecule has 27 heavy (non-hydrogen) atoms. The Labute approximate surface area is 166 Å². The predicted octanol–water partition coefficient (Wildman–Crippen LogP) is 5.31. The molecule has 0 fully saturated rings. The van der Waals surface area contributed by atoms with Crippen molar-refractivity contribution in [2.75, 3.05) is 11.4 Å². The highest BCUT2D eigenvalue weighted by molar-refractivity contribution is 9.10. The van der Waals surface area contributed by atoms with Gasteiger partial charge in [0.1, 0.15) is 0 Å². The second-order valence-corrected chi connectivity index (χ2v) is 7.12. The van der Waals surface area contributed by atoms with E-state index in [2.05, 4.69) is 32.1 Å². The Kier molecular flexibility index (Phi) is 6.24. The van der Waals surface area contributed by atoms with Gasteiger partial charge in [0.05, 0.1) is 0 Å². The second kappa shape index (κ2) is 8.81. The molecule has 3 rings (SSSR count). The lowest BCUT2D eigenvalue weighted by molar-refractivity contribution is 0.201. The summed E-state index contributed by atoms with van der Waals surface area (Å²) in [5, 5.41) is 13.4. The predicted molar refractivity (Wildman–Crippen MR) is 107 cm³/mol. The minimum Gasteiger partial charge on any atom is -0.465 e. The third-order valence-electron chi connectivity index (χ3n) is 4.18. The molecule has 1 N–H and O–H groups in total. The lowest BCUT2D eigenvalue weighted by Crippen LogP contribution is -2.30. The van der Waals surface area contributed by atoms with Crippen molar-refractivity contribution in [2.24, 2.45) is 0 Å². The van der Waals surface area contributed by atoms with E-state index in [1.54, 1.807) is 19.1 Å². The summed E-state index contributed by atoms with van der Waals surface area (Å²) in [4.78, 5) is 17.2. The molecule has 3 aromatic rings. The van der Waals surface area contributed by atoms with Crippen LogP contribution in [0.25, 0.3) is 11.4 Å². The second-order valence-electron chi connectivity index (χ2n) is 6.21. The van der Waals surface area contributed by atoms with Crippen molar-refractivity contribution in [1.29, 1.82) is 0 Å². The number of nitrogens with zero attached hydrogens (tertiary/aromatic N) is 3. The fraction of sp³-hybridized carbons (Fsp3) is 0.250. The molecule has 0 atom stereocenters. The number of amides is 1. The number of aromatic nitrogens is 2. The van der Waals surface area contributed by atoms with Gasteiger partial charge in [0.25, 0.3) is 0 Å². The summed E-state index contributed by atoms with van der Waals surface area (Å²) in [5.41, 5.74) is 2.77. The van der Waals surface area contributed by atoms with Crippen LogP contribution in [0.1, 0.15) is 24.3 Å². The number of hydrogen-bond donors (Lipinski definition) is 1. The van der Waals surface area contributed by atoms with Crippen LogP contribution in [0.4, 0.5) is 10.5 Å². The number of carboxylic acid groups (broad SMARTS) is 1. The van der Waals surface area contributed by atoms with E-state index in [-0.39, 0.29) is 0 Å². The maximum absolute atomic E-state index is 11.5. The molecule has 0 saturated carbocycles. The van der Waals surface area contributed by atoms with Crippen LogP contribution < -0.4 is 4.90 Å². The van der Waals surface area contributed by atoms with Crippen LogP contribution in [0.3, 0.4) is 0 Å². The topological polar surface area (TPSA) is 79.5 Å². The smallest absolute Gasteiger partial charge is 0.411 e. The maximum atomic E-state index is 11.5. The lowest BCUT2D eigenvalue weighted by atomic mass is 10.0. The Morgan fingerprint density at radius 3 is 2.63 bits per heavy atom. The maximum Gasteiger partial charge on any atom is 0.411 e. The molecule has 0 bridgehead atoms. The molecule has 0 radical (unpaired) electrons. The average Bonchev–Trinajstić information content (AvgIpc) is 3.09. The standard InChI is InChI=1S/C20H20BrN3O3/c1-14-22-19(23-27-14)16-7-4-6-15(13-16)5-2-3-12-24(20(25)26)18-10-8-17(21)9-11-18/h4,6-11,13H,2-3,5,12H2,1H3,(H,25,26). The van der Waals surface area contributed by atoms with E-state index in [0.29, 0.717) is 23.9 Å². The lowest BCUT2D eigenvalue weighted by Gasteiger charge is -2.19. The van der Waals surface area contributed by atoms with Gasteiger partial charge in [-0.3, -0.25) is 4.90 Å². The molecule has 0 unspecified atom stereocenters. The summed E-state index contributed by atoms with van der Waals surface area (Å²) in [6, 6.07) is 15.3. The highest BCUT2D eigenvalue weighted by Gasteiger charge is 2.13. The summed E-state index contributed by atoms with van der Waals surface area (Å²) in [6.45, 7) is 2.22. The molecule has 2 aromatic carbocycles. The zero-order valence-electron chi connectivity index (χ0n) is 14.9. The van der Waals surface area contributed by atoms with Crippen molar-refractivity contribution >= 4 is 27.7 Å². The van der Waals surface area contributed by atoms with Crippen LogP contribution in [-0.4, -0.2) is 27.9 Å². The summed E-state index contributed by atoms with van der Waals surface area (Å²) in [7, 11) is 0. The first-order valence-electron chi connectivity index (χ1n) is 8.68. The van der Waals surface area contributed by atoms with Crippen LogP contribution in [0.5, 0.6) is 0 Å². The normalized spacial score (nSPS) is 10.7. The monoisotopic (exact) mass is 429 g/mol. The fourth-order valence-corrected chi connectivity index (χ4v) is 3.10. The Bertz CT molecular complexity index is 909. The third kappa shape index (κ3) is 5.17. The fourth-order valence-electron chi connectivity index (χ4n) is 2.84. The molecular formula is C20H20BrN3O3. The van der Waals surface area contributed by atoms with E-state index >= 15 is 0 Å². The molecule has 1 amide bonds. The van der Waals surface area contributed by atoms with Crippen molar-refractivity contribution in [3.05, 3.63) is 64.5 Å². The zero-order valence-corrected chi connectivity index (χ0v) is 16.5. The highest BCUT2D eigenvalue weighted by atomic mass is 79.9. The number of hydrogen-bond acceptors (Lipinski definition) is 4. The number of carbonyl (C=O) groups is 1. The Morgan fingerprint density at radius 2 is 1.96 bits per heavy atom. The molecule has 1 heterocycles. The zero-order chi connectivity index (χ0) is 19.2. The first-order chi connectivity index (χ1) is 13.0. The number of anilines is 1. The van der Waals surface area contributed by atoms with E-state index in [1.165, 1.54) is 10.5 Å². The van der Waals surface area contributed by atoms with Crippen LogP contribution in [0.15, 0.2) is 57.5 Å². The third-order valence-corrected chi connectivity index (χ3v) is 4.71. The van der Waals surface area contributed by atoms with Crippen molar-refractivity contribution < 1.29 is 14.4 Å². The van der Waals surface area contributed by atoms with Crippen molar-refractivity contribution in [3.63, 3.8) is 0 Å². The van der Waals surface area contributed by atoms with E-state index in [4.69, 9.17) is 4.52 Å². The van der Waals surface area contributed by atoms with Gasteiger partial charge in [-0.15, -0.1) is 0 Å². The number of benzene rings is 2. The summed E-state index contributed by atoms with van der Waals surface area (Å²) >= 11 is 3.36. The van der Waals surface area contributed by atoms with E-state index in [9.17, 15) is 9.90 Å². The SMILES string of the molecule is Cc1nc(-c2cccc(CCCCN(C(=O)O)c3ccc(Br)cc3)c2)no1. The molecule has 1 aromatic heterocycles. The molecule has 0 spiro atoms. The van der Waals surface area contributed by atoms with Crippen molar-refractivity contribution in [2.45, 2.75) is 26.2 Å². The van der Waals surface area contributed by atoms with Gasteiger partial charge in [-0.1, -0.05) is 39.3 Å². The molecule has 0 aliphatic carbocycles. The minimum atomic E-state index is -0.938. The summed E-state index contributed by atoms with van der Waals surface area (Å²) < 4.78 is 5.95. The van der Waals surface area contributed by atoms with Gasteiger partial charge in [-0.25, -0.2) is 4.79 Å². The quantitative estimate of drug-likeness (QED) is 0.514. The number of halogens is 1. The molecule has 6 nitrogen and oxygen atoms in total. The highest BCUT2D eigenvalue weighted by Crippen LogP contribution is 2.21. The van der Waals surface area contributed by atoms with Gasteiger partial charge in [0, 0.05) is 29.2 Å². The van der Waals surface area contributed by atoms with Gasteiger partial charge in [-0.05, 0) is 55.2 Å². The van der Waals surface area contributed by atoms with E-state index in [0.717, 1.165) is 29.3 Å². The number of rotatable bonds is 7. The van der Waals surface area contributed by atoms with Crippen LogP contribution >= 0.6 is 15.9 Å². The molecule has 0 saturated heterocycles. The van der Waals surface area contributed by atoms with Crippen LogP contribution in [0.2, 0.25) is 0 Å². The van der Waals surface area contributed by atoms with Crippen LogP contribution in [0, 0.1) is 6.92 Å². The van der Waals surface area contributed by atoms with Gasteiger partial charge in [0.15, 0.2) is 0 Å². The van der Waals surface area contributed by atoms with Crippen molar-refractivity contribution in [3.8, 4) is 11.4 Å². The molecule has 0 aliphatic heterocycles. The van der Waals surface area contributed by atoms with E-state index in [1.807, 2.05) is 30.3 Å². The molecule has 0 aliphatic rings. The minimum absolute atomic E-state index is 0.459. The molecule has 7 heteroatoms. The van der Waals surface area contributed by atoms with Gasteiger partial charge in [0.2, 0.25) is 11.7 Å². The van der Waals surface area contributed by atoms with Crippen LogP contribution in [-0.2, 0) is 6.42 Å². The summed E-state index contributed by atoms with van der Waals surface area (Å²) in [5.74, 6) is 1.12. The largest absolute Gasteiger partial charge is 0.465 e. The Hall–Kier alpha value is -2.67. The van der Waals surface area contributed by atoms with Gasteiger partial charge >= 0.3 is 6.09 Å². The first kappa shape index (κ1) is 19.1. The Balaban J connectivity index is 1.56. The summed E-state index contributed by atoms with van der Waals surface area (Å²) in [6.07, 6.45) is 1.58. The van der Waals surface area contributed by atoms with Gasteiger partial charge in [-0.2, -0.15) is 4.98 Å².